The molecule has 5 N–H and O–H groups in total. The van der Waals surface area contributed by atoms with Gasteiger partial charge in [-0.1, -0.05) is 36.4 Å². The number of phenolic OH excluding ortho intramolecular Hbond substituents is 1. The van der Waals surface area contributed by atoms with Gasteiger partial charge in [-0.05, 0) is 57.0 Å². The quantitative estimate of drug-likeness (QED) is 0.298. The number of hydrogen-bond acceptors (Lipinski definition) is 7. The number of aliphatic hydroxyl groups is 2. The van der Waals surface area contributed by atoms with E-state index in [9.17, 15) is 29.7 Å². The molecule has 2 aromatic rings. The number of nitrogens with one attached hydrogen (secondary N) is 2. The highest BCUT2D eigenvalue weighted by Gasteiger charge is 2.42. The van der Waals surface area contributed by atoms with Crippen LogP contribution in [0.25, 0.3) is 0 Å². The minimum atomic E-state index is -1.67. The van der Waals surface area contributed by atoms with Crippen molar-refractivity contribution in [3.63, 3.8) is 0 Å². The van der Waals surface area contributed by atoms with Crippen molar-refractivity contribution in [3.8, 4) is 5.75 Å². The van der Waals surface area contributed by atoms with Gasteiger partial charge in [0.2, 0.25) is 5.91 Å². The minimum absolute atomic E-state index is 0.0384. The molecule has 2 aromatic carbocycles. The molecular weight excluding hydrogens is 500 g/mol. The molecule has 4 rings (SSSR count). The van der Waals surface area contributed by atoms with Gasteiger partial charge in [-0.2, -0.15) is 0 Å². The molecule has 0 aliphatic carbocycles. The number of aromatic hydroxyl groups is 1. The lowest BCUT2D eigenvalue weighted by atomic mass is 9.98. The highest BCUT2D eigenvalue weighted by Crippen LogP contribution is 2.22. The molecule has 2 saturated heterocycles. The summed E-state index contributed by atoms with van der Waals surface area (Å²) in [5.74, 6) is -1.69. The molecule has 2 aliphatic heterocycles. The molecule has 2 heterocycles. The van der Waals surface area contributed by atoms with Gasteiger partial charge in [-0.3, -0.25) is 14.4 Å². The molecule has 4 atom stereocenters. The molecule has 4 unspecified atom stereocenters. The second-order valence-electron chi connectivity index (χ2n) is 10.4. The summed E-state index contributed by atoms with van der Waals surface area (Å²) in [6.07, 6.45) is -0.0415. The van der Waals surface area contributed by atoms with E-state index in [0.717, 1.165) is 38.0 Å². The van der Waals surface area contributed by atoms with E-state index in [0.29, 0.717) is 12.1 Å². The topological polar surface area (TPSA) is 142 Å². The predicted molar refractivity (Wildman–Crippen MR) is 145 cm³/mol. The number of phenols is 1. The number of rotatable bonds is 10. The van der Waals surface area contributed by atoms with Gasteiger partial charge < -0.3 is 35.8 Å². The van der Waals surface area contributed by atoms with Gasteiger partial charge in [0.25, 0.3) is 11.8 Å². The number of amides is 3. The fourth-order valence-corrected chi connectivity index (χ4v) is 5.33. The molecule has 0 saturated carbocycles. The monoisotopic (exact) mass is 538 g/mol. The molecule has 2 fully saturated rings. The zero-order valence-electron chi connectivity index (χ0n) is 22.3. The fourth-order valence-electron chi connectivity index (χ4n) is 5.33. The number of β-amino-alcohol motifs (C(OH)–C–C–N with tert-alkyl or cyclic N) is 1. The Bertz CT molecular complexity index is 1150. The van der Waals surface area contributed by atoms with Gasteiger partial charge in [0.1, 0.15) is 11.8 Å². The van der Waals surface area contributed by atoms with Crippen LogP contribution in [0.2, 0.25) is 0 Å². The molecule has 3 amide bonds. The van der Waals surface area contributed by atoms with E-state index in [2.05, 4.69) is 15.5 Å². The summed E-state index contributed by atoms with van der Waals surface area (Å²) >= 11 is 0. The lowest BCUT2D eigenvalue weighted by Gasteiger charge is -2.30. The van der Waals surface area contributed by atoms with Gasteiger partial charge in [0.15, 0.2) is 6.10 Å². The van der Waals surface area contributed by atoms with Crippen molar-refractivity contribution in [1.82, 2.24) is 20.4 Å². The lowest BCUT2D eigenvalue weighted by molar-refractivity contribution is -0.146. The highest BCUT2D eigenvalue weighted by atomic mass is 16.3. The molecular formula is C29H38N4O6. The van der Waals surface area contributed by atoms with Crippen molar-refractivity contribution in [2.75, 3.05) is 32.7 Å². The van der Waals surface area contributed by atoms with E-state index in [4.69, 9.17) is 0 Å². The van der Waals surface area contributed by atoms with Crippen LogP contribution in [0, 0.1) is 6.92 Å². The fraction of sp³-hybridized carbons (Fsp3) is 0.483. The average molecular weight is 539 g/mol. The molecule has 10 heteroatoms. The Kier molecular flexibility index (Phi) is 9.55. The van der Waals surface area contributed by atoms with E-state index < -0.39 is 36.1 Å². The van der Waals surface area contributed by atoms with Gasteiger partial charge in [-0.25, -0.2) is 0 Å². The van der Waals surface area contributed by atoms with E-state index in [1.165, 1.54) is 11.0 Å². The number of benzene rings is 2. The molecule has 39 heavy (non-hydrogen) atoms. The van der Waals surface area contributed by atoms with Crippen molar-refractivity contribution >= 4 is 17.7 Å². The van der Waals surface area contributed by atoms with Crippen LogP contribution in [0.3, 0.4) is 0 Å². The Morgan fingerprint density at radius 3 is 2.49 bits per heavy atom. The van der Waals surface area contributed by atoms with Crippen LogP contribution in [-0.2, 0) is 16.0 Å². The van der Waals surface area contributed by atoms with Crippen LogP contribution >= 0.6 is 0 Å². The Morgan fingerprint density at radius 2 is 1.77 bits per heavy atom. The van der Waals surface area contributed by atoms with Crippen LogP contribution in [0.1, 0.15) is 40.7 Å². The Labute approximate surface area is 228 Å². The summed E-state index contributed by atoms with van der Waals surface area (Å²) in [5.41, 5.74) is 1.39. The van der Waals surface area contributed by atoms with Crippen molar-refractivity contribution in [2.45, 2.75) is 56.9 Å². The lowest BCUT2D eigenvalue weighted by Crippen LogP contribution is -2.56. The maximum absolute atomic E-state index is 13.5. The predicted octanol–water partition coefficient (Wildman–Crippen LogP) is 0.576. The van der Waals surface area contributed by atoms with Crippen molar-refractivity contribution < 1.29 is 29.7 Å². The van der Waals surface area contributed by atoms with Crippen LogP contribution in [0.15, 0.2) is 48.5 Å². The Balaban J connectivity index is 1.48. The van der Waals surface area contributed by atoms with Crippen LogP contribution < -0.4 is 10.6 Å². The van der Waals surface area contributed by atoms with Crippen LogP contribution in [-0.4, -0.2) is 99.9 Å². The number of aliphatic hydroxyl groups excluding tert-OH is 2. The summed E-state index contributed by atoms with van der Waals surface area (Å²) in [6.45, 7) is 4.69. The number of likely N-dealkylation sites (tertiary alicyclic amines) is 2. The Hall–Kier alpha value is -3.47. The molecule has 0 aromatic heterocycles. The number of nitrogens with zero attached hydrogens (tertiary/aromatic N) is 2. The summed E-state index contributed by atoms with van der Waals surface area (Å²) in [7, 11) is 0. The summed E-state index contributed by atoms with van der Waals surface area (Å²) < 4.78 is 0. The molecule has 0 radical (unpaired) electrons. The zero-order valence-corrected chi connectivity index (χ0v) is 22.3. The van der Waals surface area contributed by atoms with Crippen LogP contribution in [0.4, 0.5) is 0 Å². The second-order valence-corrected chi connectivity index (χ2v) is 10.4. The smallest absolute Gasteiger partial charge is 0.254 e. The third kappa shape index (κ3) is 7.14. The van der Waals surface area contributed by atoms with Gasteiger partial charge >= 0.3 is 0 Å². The standard InChI is InChI=1S/C29H38N4O6/c1-19-22(10-7-11-25(19)35)27(37)31-23(16-20-8-3-2-4-9-20)26(36)29(39)33-18-21(34)17-24(33)28(38)30-12-15-32-13-5-6-14-32/h2-4,7-11,21,23-24,26,34-36H,5-6,12-18H2,1H3,(H,30,38)(H,31,37). The molecule has 2 aliphatic rings. The van der Waals surface area contributed by atoms with Crippen LogP contribution in [0.5, 0.6) is 5.75 Å². The molecule has 0 bridgehead atoms. The summed E-state index contributed by atoms with van der Waals surface area (Å²) in [5, 5.41) is 37.2. The largest absolute Gasteiger partial charge is 0.508 e. The second kappa shape index (κ2) is 13.1. The number of carbonyl (C=O) groups is 3. The van der Waals surface area contributed by atoms with E-state index in [1.54, 1.807) is 19.1 Å². The van der Waals surface area contributed by atoms with Gasteiger partial charge in [-0.15, -0.1) is 0 Å². The number of carbonyl (C=O) groups excluding carboxylic acids is 3. The van der Waals surface area contributed by atoms with Crippen molar-refractivity contribution in [2.24, 2.45) is 0 Å². The molecule has 10 nitrogen and oxygen atoms in total. The summed E-state index contributed by atoms with van der Waals surface area (Å²) in [6, 6.07) is 11.8. The zero-order chi connectivity index (χ0) is 27.9. The van der Waals surface area contributed by atoms with E-state index >= 15 is 0 Å². The van der Waals surface area contributed by atoms with Crippen molar-refractivity contribution in [3.05, 3.63) is 65.2 Å². The average Bonchev–Trinajstić information content (AvgIpc) is 3.59. The molecule has 0 spiro atoms. The van der Waals surface area contributed by atoms with Crippen molar-refractivity contribution in [1.29, 1.82) is 0 Å². The number of hydrogen-bond donors (Lipinski definition) is 5. The maximum Gasteiger partial charge on any atom is 0.254 e. The third-order valence-corrected chi connectivity index (χ3v) is 7.59. The van der Waals surface area contributed by atoms with Gasteiger partial charge in [0, 0.05) is 37.2 Å². The first-order valence-electron chi connectivity index (χ1n) is 13.5. The Morgan fingerprint density at radius 1 is 1.05 bits per heavy atom. The summed E-state index contributed by atoms with van der Waals surface area (Å²) in [4.78, 5) is 43.2. The first kappa shape index (κ1) is 28.5. The minimum Gasteiger partial charge on any atom is -0.508 e. The normalized spacial score (nSPS) is 20.9. The SMILES string of the molecule is Cc1c(O)cccc1C(=O)NC(Cc1ccccc1)C(O)C(=O)N1CC(O)CC1C(=O)NCCN1CCCC1. The molecule has 210 valence electrons. The third-order valence-electron chi connectivity index (χ3n) is 7.59. The van der Waals surface area contributed by atoms with E-state index in [1.807, 2.05) is 30.3 Å². The maximum atomic E-state index is 13.5. The van der Waals surface area contributed by atoms with E-state index in [-0.39, 0.29) is 36.6 Å². The first-order chi connectivity index (χ1) is 18.7. The highest BCUT2D eigenvalue weighted by molar-refractivity contribution is 5.97. The van der Waals surface area contributed by atoms with Gasteiger partial charge in [0.05, 0.1) is 12.1 Å². The first-order valence-corrected chi connectivity index (χ1v) is 13.5.